The molecule has 4 N–H and O–H groups in total. The van der Waals surface area contributed by atoms with Crippen molar-refractivity contribution in [3.8, 4) is 0 Å². The summed E-state index contributed by atoms with van der Waals surface area (Å²) in [6, 6.07) is 12.8. The smallest absolute Gasteiger partial charge is 0.248 e. The van der Waals surface area contributed by atoms with E-state index >= 15 is 0 Å². The number of amides is 1. The maximum absolute atomic E-state index is 11.4. The Morgan fingerprint density at radius 3 is 2.80 bits per heavy atom. The van der Waals surface area contributed by atoms with E-state index in [-0.39, 0.29) is 6.61 Å². The van der Waals surface area contributed by atoms with Gasteiger partial charge in [0.1, 0.15) is 0 Å². The fraction of sp³-hybridized carbons (Fsp3) is 0.222. The molecule has 0 radical (unpaired) electrons. The normalized spacial score (nSPS) is 11.0. The third kappa shape index (κ3) is 3.75. The predicted molar refractivity (Wildman–Crippen MR) is 98.7 cm³/mol. The van der Waals surface area contributed by atoms with Crippen molar-refractivity contribution >= 4 is 34.5 Å². The van der Waals surface area contributed by atoms with Crippen LogP contribution in [0.4, 0.5) is 5.95 Å². The van der Waals surface area contributed by atoms with Crippen molar-refractivity contribution in [1.29, 1.82) is 0 Å². The minimum Gasteiger partial charge on any atom is -0.396 e. The second kappa shape index (κ2) is 7.55. The summed E-state index contributed by atoms with van der Waals surface area (Å²) in [5, 5.41) is 13.1. The molecule has 0 unspecified atom stereocenters. The van der Waals surface area contributed by atoms with Gasteiger partial charge in [0.25, 0.3) is 0 Å². The van der Waals surface area contributed by atoms with Gasteiger partial charge in [-0.2, -0.15) is 0 Å². The number of aliphatic hydroxyl groups is 1. The highest BCUT2D eigenvalue weighted by molar-refractivity contribution is 6.31. The van der Waals surface area contributed by atoms with E-state index in [4.69, 9.17) is 22.4 Å². The van der Waals surface area contributed by atoms with Gasteiger partial charge >= 0.3 is 0 Å². The van der Waals surface area contributed by atoms with Crippen molar-refractivity contribution in [3.63, 3.8) is 0 Å². The van der Waals surface area contributed by atoms with Crippen LogP contribution in [0.25, 0.3) is 11.0 Å². The van der Waals surface area contributed by atoms with Gasteiger partial charge in [-0.05, 0) is 36.2 Å². The molecule has 0 fully saturated rings. The molecular formula is C18H19ClN4O2. The minimum absolute atomic E-state index is 0.0863. The first-order valence-electron chi connectivity index (χ1n) is 7.98. The molecular weight excluding hydrogens is 340 g/mol. The molecule has 130 valence electrons. The van der Waals surface area contributed by atoms with E-state index in [1.165, 1.54) is 0 Å². The molecule has 1 amide bonds. The molecule has 7 heteroatoms. The lowest BCUT2D eigenvalue weighted by Crippen LogP contribution is -2.10. The van der Waals surface area contributed by atoms with E-state index in [9.17, 15) is 4.79 Å². The van der Waals surface area contributed by atoms with Crippen LogP contribution in [-0.2, 0) is 13.1 Å². The predicted octanol–water partition coefficient (Wildman–Crippen LogP) is 2.78. The molecule has 2 aromatic carbocycles. The summed E-state index contributed by atoms with van der Waals surface area (Å²) in [6.45, 7) is 1.21. The lowest BCUT2D eigenvalue weighted by molar-refractivity contribution is 0.100. The number of nitrogens with zero attached hydrogens (tertiary/aromatic N) is 2. The number of fused-ring (bicyclic) bond motifs is 1. The van der Waals surface area contributed by atoms with Crippen LogP contribution in [0, 0.1) is 0 Å². The van der Waals surface area contributed by atoms with Gasteiger partial charge in [0.15, 0.2) is 0 Å². The SMILES string of the molecule is NC(=O)c1ccc2c(c1)nc(NCc1ccccc1Cl)n2CCCO. The number of carbonyl (C=O) groups excluding carboxylic acids is 1. The van der Waals surface area contributed by atoms with Gasteiger partial charge in [-0.15, -0.1) is 0 Å². The number of anilines is 1. The molecule has 0 bridgehead atoms. The molecule has 0 aliphatic rings. The Morgan fingerprint density at radius 2 is 2.08 bits per heavy atom. The molecule has 3 rings (SSSR count). The summed E-state index contributed by atoms with van der Waals surface area (Å²) in [6.07, 6.45) is 0.601. The molecule has 3 aromatic rings. The second-order valence-corrected chi connectivity index (χ2v) is 6.08. The molecule has 6 nitrogen and oxygen atoms in total. The van der Waals surface area contributed by atoms with E-state index in [1.54, 1.807) is 12.1 Å². The van der Waals surface area contributed by atoms with Crippen LogP contribution < -0.4 is 11.1 Å². The highest BCUT2D eigenvalue weighted by Crippen LogP contribution is 2.23. The Morgan fingerprint density at radius 1 is 1.28 bits per heavy atom. The number of hydrogen-bond acceptors (Lipinski definition) is 4. The fourth-order valence-corrected chi connectivity index (χ4v) is 2.89. The molecule has 25 heavy (non-hydrogen) atoms. The molecule has 0 aliphatic heterocycles. The topological polar surface area (TPSA) is 93.2 Å². The lowest BCUT2D eigenvalue weighted by Gasteiger charge is -2.11. The van der Waals surface area contributed by atoms with E-state index in [1.807, 2.05) is 34.9 Å². The Labute approximate surface area is 150 Å². The van der Waals surface area contributed by atoms with Crippen molar-refractivity contribution in [2.75, 3.05) is 11.9 Å². The van der Waals surface area contributed by atoms with Crippen molar-refractivity contribution < 1.29 is 9.90 Å². The number of benzene rings is 2. The maximum atomic E-state index is 11.4. The van der Waals surface area contributed by atoms with E-state index in [2.05, 4.69) is 10.3 Å². The van der Waals surface area contributed by atoms with Gasteiger partial charge in [0.2, 0.25) is 11.9 Å². The number of aryl methyl sites for hydroxylation is 1. The van der Waals surface area contributed by atoms with Crippen molar-refractivity contribution in [1.82, 2.24) is 9.55 Å². The number of rotatable bonds is 7. The summed E-state index contributed by atoms with van der Waals surface area (Å²) >= 11 is 6.20. The van der Waals surface area contributed by atoms with Gasteiger partial charge in [-0.3, -0.25) is 4.79 Å². The summed E-state index contributed by atoms with van der Waals surface area (Å²) in [7, 11) is 0. The van der Waals surface area contributed by atoms with E-state index in [0.29, 0.717) is 41.6 Å². The van der Waals surface area contributed by atoms with Crippen molar-refractivity contribution in [2.24, 2.45) is 5.73 Å². The van der Waals surface area contributed by atoms with Gasteiger partial charge in [-0.1, -0.05) is 29.8 Å². The lowest BCUT2D eigenvalue weighted by atomic mass is 10.2. The van der Waals surface area contributed by atoms with Crippen molar-refractivity contribution in [2.45, 2.75) is 19.5 Å². The van der Waals surface area contributed by atoms with Crippen LogP contribution in [-0.4, -0.2) is 27.2 Å². The number of primary amides is 1. The van der Waals surface area contributed by atoms with Gasteiger partial charge in [-0.25, -0.2) is 4.98 Å². The Hall–Kier alpha value is -2.57. The fourth-order valence-electron chi connectivity index (χ4n) is 2.69. The second-order valence-electron chi connectivity index (χ2n) is 5.68. The quantitative estimate of drug-likeness (QED) is 0.605. The third-order valence-corrected chi connectivity index (χ3v) is 4.34. The zero-order valence-corrected chi connectivity index (χ0v) is 14.3. The van der Waals surface area contributed by atoms with Gasteiger partial charge in [0, 0.05) is 30.3 Å². The number of hydrogen-bond donors (Lipinski definition) is 3. The number of carbonyl (C=O) groups is 1. The van der Waals surface area contributed by atoms with Crippen LogP contribution >= 0.6 is 11.6 Å². The zero-order chi connectivity index (χ0) is 17.8. The first-order chi connectivity index (χ1) is 12.1. The van der Waals surface area contributed by atoms with Crippen LogP contribution in [0.1, 0.15) is 22.3 Å². The number of imidazole rings is 1. The van der Waals surface area contributed by atoms with Crippen LogP contribution in [0.15, 0.2) is 42.5 Å². The Bertz CT molecular complexity index is 907. The van der Waals surface area contributed by atoms with Crippen molar-refractivity contribution in [3.05, 3.63) is 58.6 Å². The monoisotopic (exact) mass is 358 g/mol. The molecule has 0 saturated heterocycles. The van der Waals surface area contributed by atoms with Crippen LogP contribution in [0.3, 0.4) is 0 Å². The average Bonchev–Trinajstić information content (AvgIpc) is 2.95. The van der Waals surface area contributed by atoms with E-state index < -0.39 is 5.91 Å². The molecule has 0 aliphatic carbocycles. The minimum atomic E-state index is -0.489. The largest absolute Gasteiger partial charge is 0.396 e. The average molecular weight is 359 g/mol. The highest BCUT2D eigenvalue weighted by atomic mass is 35.5. The number of halogens is 1. The highest BCUT2D eigenvalue weighted by Gasteiger charge is 2.13. The summed E-state index contributed by atoms with van der Waals surface area (Å²) in [5.41, 5.74) is 8.27. The first kappa shape index (κ1) is 17.3. The molecule has 1 aromatic heterocycles. The molecule has 0 saturated carbocycles. The Balaban J connectivity index is 1.94. The number of nitrogens with one attached hydrogen (secondary N) is 1. The molecule has 0 spiro atoms. The van der Waals surface area contributed by atoms with Crippen LogP contribution in [0.5, 0.6) is 0 Å². The summed E-state index contributed by atoms with van der Waals surface area (Å²) in [4.78, 5) is 16.0. The summed E-state index contributed by atoms with van der Waals surface area (Å²) < 4.78 is 1.98. The number of aromatic nitrogens is 2. The first-order valence-corrected chi connectivity index (χ1v) is 8.36. The van der Waals surface area contributed by atoms with Crippen LogP contribution in [0.2, 0.25) is 5.02 Å². The maximum Gasteiger partial charge on any atom is 0.248 e. The standard InChI is InChI=1S/C18H19ClN4O2/c19-14-5-2-1-4-13(14)11-21-18-22-15-10-12(17(20)25)6-7-16(15)23(18)8-3-9-24/h1-2,4-7,10,24H,3,8-9,11H2,(H2,20,25)(H,21,22). The number of aliphatic hydroxyl groups excluding tert-OH is 1. The van der Waals surface area contributed by atoms with Gasteiger partial charge in [0.05, 0.1) is 11.0 Å². The Kier molecular flexibility index (Phi) is 5.21. The summed E-state index contributed by atoms with van der Waals surface area (Å²) in [5.74, 6) is 0.169. The molecule has 0 atom stereocenters. The van der Waals surface area contributed by atoms with Gasteiger partial charge < -0.3 is 20.7 Å². The zero-order valence-electron chi connectivity index (χ0n) is 13.6. The third-order valence-electron chi connectivity index (χ3n) is 3.97. The number of nitrogens with two attached hydrogens (primary N) is 1. The molecule has 1 heterocycles. The van der Waals surface area contributed by atoms with E-state index in [0.717, 1.165) is 11.1 Å².